The van der Waals surface area contributed by atoms with Crippen molar-refractivity contribution in [2.45, 2.75) is 6.92 Å². The van der Waals surface area contributed by atoms with Crippen molar-refractivity contribution in [3.63, 3.8) is 0 Å². The Labute approximate surface area is 79.5 Å². The van der Waals surface area contributed by atoms with Crippen molar-refractivity contribution in [3.05, 3.63) is 21.9 Å². The van der Waals surface area contributed by atoms with E-state index >= 15 is 0 Å². The Bertz CT molecular complexity index is 343. The van der Waals surface area contributed by atoms with Gasteiger partial charge in [0.05, 0.1) is 10.6 Å². The van der Waals surface area contributed by atoms with E-state index in [9.17, 15) is 4.79 Å². The molecule has 1 aromatic heterocycles. The molecule has 4 nitrogen and oxygen atoms in total. The predicted molar refractivity (Wildman–Crippen MR) is 50.5 cm³/mol. The van der Waals surface area contributed by atoms with Crippen LogP contribution in [0.3, 0.4) is 0 Å². The maximum absolute atomic E-state index is 10.5. The second kappa shape index (κ2) is 4.04. The number of carboxylic acid groups (broad SMARTS) is 1. The average molecular weight is 199 g/mol. The lowest BCUT2D eigenvalue weighted by Gasteiger charge is -1.92. The Morgan fingerprint density at radius 3 is 2.62 bits per heavy atom. The molecule has 0 unspecified atom stereocenters. The molecule has 5 heteroatoms. The van der Waals surface area contributed by atoms with E-state index in [0.717, 1.165) is 4.88 Å². The monoisotopic (exact) mass is 199 g/mol. The van der Waals surface area contributed by atoms with E-state index in [2.05, 4.69) is 9.99 Å². The molecule has 0 aliphatic carbocycles. The van der Waals surface area contributed by atoms with Crippen LogP contribution in [0.2, 0.25) is 0 Å². The fourth-order valence-electron chi connectivity index (χ4n) is 0.829. The van der Waals surface area contributed by atoms with Crippen LogP contribution in [0, 0.1) is 0 Å². The number of carbonyl (C=O) groups is 1. The van der Waals surface area contributed by atoms with Gasteiger partial charge >= 0.3 is 5.97 Å². The van der Waals surface area contributed by atoms with Gasteiger partial charge in [-0.2, -0.15) is 0 Å². The number of rotatable bonds is 3. The Morgan fingerprint density at radius 2 is 2.15 bits per heavy atom. The standard InChI is InChI=1S/C8H9NO3S/c1-5(9-12-2)6-3-4-7(13-6)8(10)11/h3-4H,1-2H3,(H,10,11). The van der Waals surface area contributed by atoms with Crippen LogP contribution in [0.25, 0.3) is 0 Å². The van der Waals surface area contributed by atoms with Crippen molar-refractivity contribution in [2.75, 3.05) is 7.11 Å². The molecule has 70 valence electrons. The third kappa shape index (κ3) is 2.29. The molecule has 13 heavy (non-hydrogen) atoms. The molecule has 0 saturated carbocycles. The largest absolute Gasteiger partial charge is 0.477 e. The van der Waals surface area contributed by atoms with Gasteiger partial charge in [0.2, 0.25) is 0 Å². The van der Waals surface area contributed by atoms with E-state index < -0.39 is 5.97 Å². The molecule has 0 aromatic carbocycles. The van der Waals surface area contributed by atoms with E-state index in [4.69, 9.17) is 5.11 Å². The second-order valence-corrected chi connectivity index (χ2v) is 3.41. The fourth-order valence-corrected chi connectivity index (χ4v) is 1.61. The first kappa shape index (κ1) is 9.73. The summed E-state index contributed by atoms with van der Waals surface area (Å²) in [4.78, 5) is 16.2. The Balaban J connectivity index is 2.92. The normalized spacial score (nSPS) is 11.4. The average Bonchev–Trinajstić information content (AvgIpc) is 2.52. The first-order valence-electron chi connectivity index (χ1n) is 3.56. The number of oxime groups is 1. The van der Waals surface area contributed by atoms with Gasteiger partial charge in [0.1, 0.15) is 12.0 Å². The van der Waals surface area contributed by atoms with Crippen LogP contribution in [-0.2, 0) is 4.84 Å². The summed E-state index contributed by atoms with van der Waals surface area (Å²) in [5.74, 6) is -0.915. The highest BCUT2D eigenvalue weighted by atomic mass is 32.1. The minimum Gasteiger partial charge on any atom is -0.477 e. The lowest BCUT2D eigenvalue weighted by molar-refractivity contribution is 0.0702. The molecule has 1 heterocycles. The minimum atomic E-state index is -0.915. The van der Waals surface area contributed by atoms with E-state index in [1.807, 2.05) is 0 Å². The van der Waals surface area contributed by atoms with E-state index in [-0.39, 0.29) is 0 Å². The highest BCUT2D eigenvalue weighted by molar-refractivity contribution is 7.15. The summed E-state index contributed by atoms with van der Waals surface area (Å²) >= 11 is 1.18. The first-order chi connectivity index (χ1) is 6.15. The highest BCUT2D eigenvalue weighted by Crippen LogP contribution is 2.17. The van der Waals surface area contributed by atoms with Crippen LogP contribution in [0.4, 0.5) is 0 Å². The van der Waals surface area contributed by atoms with Gasteiger partial charge in [-0.1, -0.05) is 5.16 Å². The molecule has 0 atom stereocenters. The maximum atomic E-state index is 10.5. The van der Waals surface area contributed by atoms with Gasteiger partial charge in [-0.15, -0.1) is 11.3 Å². The molecule has 0 spiro atoms. The second-order valence-electron chi connectivity index (χ2n) is 2.33. The van der Waals surface area contributed by atoms with Crippen LogP contribution in [0.5, 0.6) is 0 Å². The summed E-state index contributed by atoms with van der Waals surface area (Å²) < 4.78 is 0. The molecule has 0 bridgehead atoms. The number of carboxylic acids is 1. The van der Waals surface area contributed by atoms with Crippen molar-refractivity contribution < 1.29 is 14.7 Å². The zero-order chi connectivity index (χ0) is 9.84. The zero-order valence-corrected chi connectivity index (χ0v) is 8.09. The van der Waals surface area contributed by atoms with E-state index in [1.54, 1.807) is 19.1 Å². The van der Waals surface area contributed by atoms with Crippen LogP contribution in [-0.4, -0.2) is 23.9 Å². The zero-order valence-electron chi connectivity index (χ0n) is 7.27. The maximum Gasteiger partial charge on any atom is 0.345 e. The van der Waals surface area contributed by atoms with Crippen molar-refractivity contribution >= 4 is 23.0 Å². The van der Waals surface area contributed by atoms with Crippen molar-refractivity contribution in [2.24, 2.45) is 5.16 Å². The summed E-state index contributed by atoms with van der Waals surface area (Å²) in [5.41, 5.74) is 0.681. The molecular weight excluding hydrogens is 190 g/mol. The minimum absolute atomic E-state index is 0.306. The summed E-state index contributed by atoms with van der Waals surface area (Å²) in [5, 5.41) is 12.4. The Hall–Kier alpha value is -1.36. The van der Waals surface area contributed by atoms with Gasteiger partial charge in [0.25, 0.3) is 0 Å². The molecule has 0 aliphatic heterocycles. The van der Waals surface area contributed by atoms with Crippen molar-refractivity contribution in [1.29, 1.82) is 0 Å². The quantitative estimate of drug-likeness (QED) is 0.596. The molecular formula is C8H9NO3S. The molecule has 1 aromatic rings. The predicted octanol–water partition coefficient (Wildman–Crippen LogP) is 1.82. The smallest absolute Gasteiger partial charge is 0.345 e. The topological polar surface area (TPSA) is 58.9 Å². The van der Waals surface area contributed by atoms with E-state index in [0.29, 0.717) is 10.6 Å². The van der Waals surface area contributed by atoms with Crippen LogP contribution >= 0.6 is 11.3 Å². The molecule has 0 amide bonds. The highest BCUT2D eigenvalue weighted by Gasteiger charge is 2.08. The number of nitrogens with zero attached hydrogens (tertiary/aromatic N) is 1. The van der Waals surface area contributed by atoms with Crippen LogP contribution in [0.15, 0.2) is 17.3 Å². The molecule has 0 aliphatic rings. The molecule has 0 fully saturated rings. The summed E-state index contributed by atoms with van der Waals surface area (Å²) in [6.07, 6.45) is 0. The number of hydrogen-bond donors (Lipinski definition) is 1. The number of hydrogen-bond acceptors (Lipinski definition) is 4. The lowest BCUT2D eigenvalue weighted by atomic mass is 10.3. The third-order valence-electron chi connectivity index (χ3n) is 1.40. The van der Waals surface area contributed by atoms with E-state index in [1.165, 1.54) is 18.4 Å². The van der Waals surface area contributed by atoms with Crippen LogP contribution in [0.1, 0.15) is 21.5 Å². The van der Waals surface area contributed by atoms with Gasteiger partial charge in [-0.25, -0.2) is 4.79 Å². The summed E-state index contributed by atoms with van der Waals surface area (Å²) in [7, 11) is 1.45. The van der Waals surface area contributed by atoms with Gasteiger partial charge in [-0.3, -0.25) is 0 Å². The van der Waals surface area contributed by atoms with Gasteiger partial charge < -0.3 is 9.94 Å². The number of aromatic carboxylic acids is 1. The van der Waals surface area contributed by atoms with Crippen molar-refractivity contribution in [1.82, 2.24) is 0 Å². The van der Waals surface area contributed by atoms with Gasteiger partial charge in [-0.05, 0) is 19.1 Å². The first-order valence-corrected chi connectivity index (χ1v) is 4.38. The molecule has 1 N–H and O–H groups in total. The summed E-state index contributed by atoms with van der Waals surface area (Å²) in [6, 6.07) is 3.27. The lowest BCUT2D eigenvalue weighted by Crippen LogP contribution is -1.91. The molecule has 0 saturated heterocycles. The SMILES string of the molecule is CON=C(C)c1ccc(C(=O)O)s1. The molecule has 1 rings (SSSR count). The van der Waals surface area contributed by atoms with Gasteiger partial charge in [0.15, 0.2) is 0 Å². The summed E-state index contributed by atoms with van der Waals surface area (Å²) in [6.45, 7) is 1.76. The third-order valence-corrected chi connectivity index (χ3v) is 2.58. The molecule has 0 radical (unpaired) electrons. The van der Waals surface area contributed by atoms with Crippen molar-refractivity contribution in [3.8, 4) is 0 Å². The number of thiophene rings is 1. The van der Waals surface area contributed by atoms with Crippen LogP contribution < -0.4 is 0 Å². The Kier molecular flexibility index (Phi) is 3.02. The Morgan fingerprint density at radius 1 is 1.54 bits per heavy atom. The van der Waals surface area contributed by atoms with Gasteiger partial charge in [0, 0.05) is 0 Å². The fraction of sp³-hybridized carbons (Fsp3) is 0.250.